The average Bonchev–Trinajstić information content (AvgIpc) is 2.30. The van der Waals surface area contributed by atoms with Crippen LogP contribution in [0.25, 0.3) is 0 Å². The summed E-state index contributed by atoms with van der Waals surface area (Å²) in [6, 6.07) is 6.07. The van der Waals surface area contributed by atoms with E-state index in [0.717, 1.165) is 25.1 Å². The summed E-state index contributed by atoms with van der Waals surface area (Å²) in [7, 11) is 0. The highest BCUT2D eigenvalue weighted by atomic mass is 16.3. The molecule has 1 atom stereocenters. The summed E-state index contributed by atoms with van der Waals surface area (Å²) in [5, 5.41) is 10.5. The molecule has 3 N–H and O–H groups in total. The minimum absolute atomic E-state index is 0.240. The number of rotatable bonds is 3. The van der Waals surface area contributed by atoms with E-state index >= 15 is 0 Å². The second-order valence-corrected chi connectivity index (χ2v) is 5.88. The third-order valence-electron chi connectivity index (χ3n) is 4.14. The lowest BCUT2D eigenvalue weighted by molar-refractivity contribution is 0.0203. The number of anilines is 2. The summed E-state index contributed by atoms with van der Waals surface area (Å²) >= 11 is 0. The van der Waals surface area contributed by atoms with E-state index in [4.69, 9.17) is 5.73 Å². The number of nitrogens with two attached hydrogens (primary N) is 1. The van der Waals surface area contributed by atoms with Crippen molar-refractivity contribution in [2.24, 2.45) is 5.92 Å². The van der Waals surface area contributed by atoms with Gasteiger partial charge in [-0.3, -0.25) is 0 Å². The Balaban J connectivity index is 2.26. The van der Waals surface area contributed by atoms with E-state index in [9.17, 15) is 5.11 Å². The van der Waals surface area contributed by atoms with Gasteiger partial charge in [0.2, 0.25) is 0 Å². The summed E-state index contributed by atoms with van der Waals surface area (Å²) < 4.78 is 0. The molecule has 0 amide bonds. The Labute approximate surface area is 110 Å². The minimum atomic E-state index is -0.667. The molecule has 100 valence electrons. The molecule has 0 aromatic heterocycles. The number of benzene rings is 1. The van der Waals surface area contributed by atoms with Crippen molar-refractivity contribution < 1.29 is 5.11 Å². The van der Waals surface area contributed by atoms with Crippen LogP contribution in [0, 0.1) is 5.92 Å². The van der Waals surface area contributed by atoms with Crippen LogP contribution >= 0.6 is 0 Å². The Kier molecular flexibility index (Phi) is 3.53. The van der Waals surface area contributed by atoms with Gasteiger partial charge in [0.15, 0.2) is 0 Å². The molecule has 1 aliphatic rings. The Morgan fingerprint density at radius 1 is 1.44 bits per heavy atom. The van der Waals surface area contributed by atoms with Gasteiger partial charge in [0.1, 0.15) is 0 Å². The van der Waals surface area contributed by atoms with Crippen LogP contribution in [0.4, 0.5) is 11.4 Å². The number of fused-ring (bicyclic) bond motifs is 1. The molecule has 1 aromatic rings. The second kappa shape index (κ2) is 4.81. The van der Waals surface area contributed by atoms with Crippen LogP contribution < -0.4 is 10.6 Å². The molecule has 0 saturated heterocycles. The molecule has 3 heteroatoms. The minimum Gasteiger partial charge on any atom is -0.398 e. The second-order valence-electron chi connectivity index (χ2n) is 5.88. The zero-order valence-electron chi connectivity index (χ0n) is 11.6. The van der Waals surface area contributed by atoms with Gasteiger partial charge in [0.05, 0.1) is 5.60 Å². The fourth-order valence-corrected chi connectivity index (χ4v) is 2.46. The summed E-state index contributed by atoms with van der Waals surface area (Å²) in [5.41, 5.74) is 8.68. The normalized spacial score (nSPS) is 18.6. The molecule has 0 radical (unpaired) electrons. The van der Waals surface area contributed by atoms with E-state index in [1.807, 2.05) is 19.1 Å². The van der Waals surface area contributed by atoms with Gasteiger partial charge in [0, 0.05) is 24.5 Å². The van der Waals surface area contributed by atoms with Gasteiger partial charge in [-0.15, -0.1) is 0 Å². The van der Waals surface area contributed by atoms with Gasteiger partial charge in [0.25, 0.3) is 0 Å². The number of hydrogen-bond donors (Lipinski definition) is 2. The molecular formula is C15H24N2O. The van der Waals surface area contributed by atoms with E-state index in [-0.39, 0.29) is 5.92 Å². The predicted octanol–water partition coefficient (Wildman–Crippen LogP) is 2.43. The number of nitrogen functional groups attached to an aromatic ring is 1. The Morgan fingerprint density at radius 2 is 2.17 bits per heavy atom. The van der Waals surface area contributed by atoms with Crippen LogP contribution in [0.2, 0.25) is 0 Å². The first-order valence-electron chi connectivity index (χ1n) is 6.76. The quantitative estimate of drug-likeness (QED) is 0.808. The Hall–Kier alpha value is -1.22. The van der Waals surface area contributed by atoms with E-state index in [1.54, 1.807) is 0 Å². The SMILES string of the molecule is CC(C)C(C)(O)CN1CCCc2c(N)cccc21. The highest BCUT2D eigenvalue weighted by molar-refractivity contribution is 5.66. The molecule has 1 unspecified atom stereocenters. The highest BCUT2D eigenvalue weighted by Gasteiger charge is 2.30. The summed E-state index contributed by atoms with van der Waals surface area (Å²) in [6.07, 6.45) is 2.15. The van der Waals surface area contributed by atoms with Gasteiger partial charge < -0.3 is 15.7 Å². The maximum absolute atomic E-state index is 10.5. The van der Waals surface area contributed by atoms with Crippen LogP contribution in [0.1, 0.15) is 32.8 Å². The molecule has 18 heavy (non-hydrogen) atoms. The Morgan fingerprint density at radius 3 is 2.83 bits per heavy atom. The summed E-state index contributed by atoms with van der Waals surface area (Å²) in [6.45, 7) is 7.70. The fourth-order valence-electron chi connectivity index (χ4n) is 2.46. The van der Waals surface area contributed by atoms with Crippen LogP contribution in [-0.2, 0) is 6.42 Å². The monoisotopic (exact) mass is 248 g/mol. The van der Waals surface area contributed by atoms with Crippen molar-refractivity contribution in [1.29, 1.82) is 0 Å². The fraction of sp³-hybridized carbons (Fsp3) is 0.600. The van der Waals surface area contributed by atoms with Gasteiger partial charge in [-0.1, -0.05) is 19.9 Å². The smallest absolute Gasteiger partial charge is 0.0816 e. The number of β-amino-alcohol motifs (C(OH)–C–C–N with tert-alkyl or cyclic N) is 1. The molecule has 2 rings (SSSR count). The maximum atomic E-state index is 10.5. The molecule has 0 spiro atoms. The summed E-state index contributed by atoms with van der Waals surface area (Å²) in [5.74, 6) is 0.240. The van der Waals surface area contributed by atoms with Crippen molar-refractivity contribution in [3.8, 4) is 0 Å². The molecule has 1 aromatic carbocycles. The first kappa shape index (κ1) is 13.2. The van der Waals surface area contributed by atoms with E-state index in [0.29, 0.717) is 6.54 Å². The van der Waals surface area contributed by atoms with Crippen LogP contribution in [0.15, 0.2) is 18.2 Å². The van der Waals surface area contributed by atoms with Crippen molar-refractivity contribution in [2.75, 3.05) is 23.7 Å². The van der Waals surface area contributed by atoms with Crippen LogP contribution in [0.5, 0.6) is 0 Å². The molecule has 3 nitrogen and oxygen atoms in total. The lowest BCUT2D eigenvalue weighted by atomic mass is 9.90. The van der Waals surface area contributed by atoms with E-state index < -0.39 is 5.60 Å². The largest absolute Gasteiger partial charge is 0.398 e. The standard InChI is InChI=1S/C15H24N2O/c1-11(2)15(3,18)10-17-9-5-6-12-13(16)7-4-8-14(12)17/h4,7-8,11,18H,5-6,9-10,16H2,1-3H3. The molecular weight excluding hydrogens is 224 g/mol. The number of hydrogen-bond acceptors (Lipinski definition) is 3. The first-order chi connectivity index (χ1) is 8.42. The lowest BCUT2D eigenvalue weighted by Crippen LogP contribution is -2.46. The molecule has 0 saturated carbocycles. The van der Waals surface area contributed by atoms with Crippen molar-refractivity contribution >= 4 is 11.4 Å². The Bertz CT molecular complexity index is 427. The van der Waals surface area contributed by atoms with Crippen LogP contribution in [-0.4, -0.2) is 23.8 Å². The number of aliphatic hydroxyl groups is 1. The van der Waals surface area contributed by atoms with Crippen molar-refractivity contribution in [3.05, 3.63) is 23.8 Å². The van der Waals surface area contributed by atoms with E-state index in [1.165, 1.54) is 11.3 Å². The summed E-state index contributed by atoms with van der Waals surface area (Å²) in [4.78, 5) is 2.27. The topological polar surface area (TPSA) is 49.5 Å². The van der Waals surface area contributed by atoms with Gasteiger partial charge >= 0.3 is 0 Å². The molecule has 0 aliphatic carbocycles. The third kappa shape index (κ3) is 2.46. The average molecular weight is 248 g/mol. The molecule has 0 bridgehead atoms. The molecule has 0 fully saturated rings. The zero-order chi connectivity index (χ0) is 13.3. The zero-order valence-corrected chi connectivity index (χ0v) is 11.6. The van der Waals surface area contributed by atoms with Crippen molar-refractivity contribution in [1.82, 2.24) is 0 Å². The van der Waals surface area contributed by atoms with Crippen molar-refractivity contribution in [3.63, 3.8) is 0 Å². The predicted molar refractivity (Wildman–Crippen MR) is 76.9 cm³/mol. The van der Waals surface area contributed by atoms with Crippen LogP contribution in [0.3, 0.4) is 0 Å². The van der Waals surface area contributed by atoms with E-state index in [2.05, 4.69) is 24.8 Å². The van der Waals surface area contributed by atoms with Gasteiger partial charge in [-0.2, -0.15) is 0 Å². The highest BCUT2D eigenvalue weighted by Crippen LogP contribution is 2.33. The molecule has 1 aliphatic heterocycles. The number of nitrogens with zero attached hydrogens (tertiary/aromatic N) is 1. The van der Waals surface area contributed by atoms with Gasteiger partial charge in [-0.05, 0) is 43.4 Å². The first-order valence-corrected chi connectivity index (χ1v) is 6.76. The van der Waals surface area contributed by atoms with Crippen molar-refractivity contribution in [2.45, 2.75) is 39.2 Å². The maximum Gasteiger partial charge on any atom is 0.0816 e. The lowest BCUT2D eigenvalue weighted by Gasteiger charge is -2.39. The third-order valence-corrected chi connectivity index (χ3v) is 4.14. The van der Waals surface area contributed by atoms with Gasteiger partial charge in [-0.25, -0.2) is 0 Å². The molecule has 1 heterocycles.